The zero-order chi connectivity index (χ0) is 19.5. The van der Waals surface area contributed by atoms with Gasteiger partial charge in [0.25, 0.3) is 0 Å². The van der Waals surface area contributed by atoms with Gasteiger partial charge >= 0.3 is 5.82 Å². The van der Waals surface area contributed by atoms with Crippen LogP contribution in [0.5, 0.6) is 0 Å². The van der Waals surface area contributed by atoms with E-state index in [9.17, 15) is 10.1 Å². The van der Waals surface area contributed by atoms with Gasteiger partial charge in [-0.05, 0) is 124 Å². The molecule has 1 aromatic heterocycles. The predicted molar refractivity (Wildman–Crippen MR) is 110 cm³/mol. The highest BCUT2D eigenvalue weighted by molar-refractivity contribution is 5.45. The quantitative estimate of drug-likeness (QED) is 0.502. The van der Waals surface area contributed by atoms with Crippen LogP contribution in [0.15, 0.2) is 0 Å². The second kappa shape index (κ2) is 5.45. The number of hydrogen-bond donors (Lipinski definition) is 0. The van der Waals surface area contributed by atoms with E-state index in [4.69, 9.17) is 5.10 Å². The molecule has 9 rings (SSSR count). The summed E-state index contributed by atoms with van der Waals surface area (Å²) in [6, 6.07) is 0. The topological polar surface area (TPSA) is 61.0 Å². The SMILES string of the molecule is Cc1c(C23CC4CC(CC(C4)C2)C3)c([N+](=O)[O-])nn1C12CC3CC(CC(C3)C1)C2. The molecule has 1 heterocycles. The minimum atomic E-state index is -0.141. The van der Waals surface area contributed by atoms with Crippen molar-refractivity contribution in [3.63, 3.8) is 0 Å². The summed E-state index contributed by atoms with van der Waals surface area (Å²) in [6.45, 7) is 2.19. The van der Waals surface area contributed by atoms with Crippen LogP contribution < -0.4 is 0 Å². The molecule has 8 bridgehead atoms. The van der Waals surface area contributed by atoms with Crippen molar-refractivity contribution in [3.8, 4) is 0 Å². The smallest absolute Gasteiger partial charge is 0.358 e. The van der Waals surface area contributed by atoms with Gasteiger partial charge < -0.3 is 10.1 Å². The van der Waals surface area contributed by atoms with Crippen LogP contribution in [0.1, 0.15) is 88.3 Å². The first-order chi connectivity index (χ1) is 13.9. The van der Waals surface area contributed by atoms with E-state index in [1.165, 1.54) is 82.7 Å². The zero-order valence-corrected chi connectivity index (χ0v) is 17.6. The van der Waals surface area contributed by atoms with Crippen molar-refractivity contribution < 1.29 is 4.92 Å². The summed E-state index contributed by atoms with van der Waals surface area (Å²) in [4.78, 5) is 12.1. The molecule has 8 fully saturated rings. The van der Waals surface area contributed by atoms with Gasteiger partial charge in [-0.2, -0.15) is 4.68 Å². The van der Waals surface area contributed by atoms with E-state index in [0.717, 1.165) is 41.1 Å². The van der Waals surface area contributed by atoms with Crippen LogP contribution in [-0.4, -0.2) is 14.7 Å². The van der Waals surface area contributed by atoms with Gasteiger partial charge in [0.2, 0.25) is 0 Å². The largest absolute Gasteiger partial charge is 0.394 e. The first kappa shape index (κ1) is 17.3. The molecule has 5 nitrogen and oxygen atoms in total. The summed E-state index contributed by atoms with van der Waals surface area (Å²) in [7, 11) is 0. The van der Waals surface area contributed by atoms with E-state index >= 15 is 0 Å². The number of nitrogens with zero attached hydrogens (tertiary/aromatic N) is 3. The molecule has 0 amide bonds. The van der Waals surface area contributed by atoms with Crippen molar-refractivity contribution in [3.05, 3.63) is 21.4 Å². The zero-order valence-electron chi connectivity index (χ0n) is 17.6. The Labute approximate surface area is 172 Å². The molecule has 156 valence electrons. The third kappa shape index (κ3) is 2.25. The van der Waals surface area contributed by atoms with Crippen LogP contribution in [0.2, 0.25) is 0 Å². The van der Waals surface area contributed by atoms with Crippen LogP contribution in [0.25, 0.3) is 0 Å². The minimum Gasteiger partial charge on any atom is -0.358 e. The molecule has 0 N–H and O–H groups in total. The highest BCUT2D eigenvalue weighted by Crippen LogP contribution is 2.64. The summed E-state index contributed by atoms with van der Waals surface area (Å²) in [5.41, 5.74) is 2.35. The predicted octanol–water partition coefficient (Wildman–Crippen LogP) is 5.49. The van der Waals surface area contributed by atoms with Crippen LogP contribution in [-0.2, 0) is 11.0 Å². The average molecular weight is 396 g/mol. The molecule has 0 unspecified atom stereocenters. The van der Waals surface area contributed by atoms with Gasteiger partial charge in [-0.1, -0.05) is 0 Å². The Balaban J connectivity index is 1.38. The molecule has 5 heteroatoms. The fourth-order valence-electron chi connectivity index (χ4n) is 10.4. The van der Waals surface area contributed by atoms with Gasteiger partial charge in [-0.15, -0.1) is 0 Å². The molecule has 0 radical (unpaired) electrons. The average Bonchev–Trinajstić information content (AvgIpc) is 2.98. The first-order valence-electron chi connectivity index (χ1n) is 12.2. The lowest BCUT2D eigenvalue weighted by Crippen LogP contribution is -2.52. The number of rotatable bonds is 3. The Hall–Kier alpha value is -1.39. The molecule has 1 aromatic rings. The summed E-state index contributed by atoms with van der Waals surface area (Å²) in [6.07, 6.45) is 15.4. The Morgan fingerprint density at radius 2 is 1.24 bits per heavy atom. The van der Waals surface area contributed by atoms with E-state index in [1.807, 2.05) is 0 Å². The molecule has 8 aliphatic rings. The standard InChI is InChI=1S/C24H33N3O2/c1-14-21(23-8-15-2-16(9-23)4-17(3-15)10-23)22(27(28)29)25-26(14)24-11-18-5-19(12-24)7-20(6-18)13-24/h15-20H,2-13H2,1H3. The maximum Gasteiger partial charge on any atom is 0.394 e. The molecular weight excluding hydrogens is 362 g/mol. The molecule has 8 aliphatic carbocycles. The van der Waals surface area contributed by atoms with Gasteiger partial charge in [0, 0.05) is 5.41 Å². The van der Waals surface area contributed by atoms with Crippen LogP contribution in [0, 0.1) is 52.5 Å². The van der Waals surface area contributed by atoms with Crippen molar-refractivity contribution in [2.45, 2.75) is 94.9 Å². The van der Waals surface area contributed by atoms with Gasteiger partial charge in [0.15, 0.2) is 0 Å². The van der Waals surface area contributed by atoms with E-state index in [1.54, 1.807) is 0 Å². The van der Waals surface area contributed by atoms with E-state index in [2.05, 4.69) is 11.6 Å². The number of nitro groups is 1. The van der Waals surface area contributed by atoms with Crippen molar-refractivity contribution in [1.82, 2.24) is 9.78 Å². The molecule has 0 aromatic carbocycles. The number of hydrogen-bond acceptors (Lipinski definition) is 3. The van der Waals surface area contributed by atoms with E-state index in [-0.39, 0.29) is 21.7 Å². The Morgan fingerprint density at radius 3 is 1.66 bits per heavy atom. The van der Waals surface area contributed by atoms with Gasteiger partial charge in [-0.25, -0.2) is 0 Å². The highest BCUT2D eigenvalue weighted by Gasteiger charge is 2.58. The third-order valence-corrected chi connectivity index (χ3v) is 10.3. The summed E-state index contributed by atoms with van der Waals surface area (Å²) in [5, 5.41) is 17.1. The van der Waals surface area contributed by atoms with Crippen LogP contribution >= 0.6 is 0 Å². The third-order valence-electron chi connectivity index (χ3n) is 10.3. The summed E-state index contributed by atoms with van der Waals surface area (Å²) < 4.78 is 2.24. The van der Waals surface area contributed by atoms with E-state index < -0.39 is 0 Å². The Morgan fingerprint density at radius 1 is 0.828 bits per heavy atom. The lowest BCUT2D eigenvalue weighted by Gasteiger charge is -2.57. The first-order valence-corrected chi connectivity index (χ1v) is 12.2. The molecule has 0 aliphatic heterocycles. The van der Waals surface area contributed by atoms with Crippen molar-refractivity contribution in [2.75, 3.05) is 0 Å². The van der Waals surface area contributed by atoms with Crippen molar-refractivity contribution in [2.24, 2.45) is 35.5 Å². The normalized spacial score (nSPS) is 49.1. The van der Waals surface area contributed by atoms with Gasteiger partial charge in [-0.3, -0.25) is 0 Å². The second-order valence-corrected chi connectivity index (χ2v) is 12.3. The highest BCUT2D eigenvalue weighted by atomic mass is 16.6. The molecule has 29 heavy (non-hydrogen) atoms. The molecular formula is C24H33N3O2. The fourth-order valence-corrected chi connectivity index (χ4v) is 10.4. The van der Waals surface area contributed by atoms with Crippen LogP contribution in [0.4, 0.5) is 5.82 Å². The molecule has 0 spiro atoms. The number of aromatic nitrogens is 2. The monoisotopic (exact) mass is 395 g/mol. The minimum absolute atomic E-state index is 0.0434. The van der Waals surface area contributed by atoms with Gasteiger partial charge in [0.05, 0.1) is 21.9 Å². The summed E-state index contributed by atoms with van der Waals surface area (Å²) >= 11 is 0. The Bertz CT molecular complexity index is 830. The maximum atomic E-state index is 12.2. The molecule has 8 saturated carbocycles. The van der Waals surface area contributed by atoms with E-state index in [0.29, 0.717) is 0 Å². The van der Waals surface area contributed by atoms with Gasteiger partial charge in [0.1, 0.15) is 0 Å². The lowest BCUT2D eigenvalue weighted by molar-refractivity contribution is -0.391. The van der Waals surface area contributed by atoms with Crippen molar-refractivity contribution in [1.29, 1.82) is 0 Å². The Kier molecular flexibility index (Phi) is 3.25. The van der Waals surface area contributed by atoms with Crippen molar-refractivity contribution >= 4 is 5.82 Å². The molecule has 0 saturated heterocycles. The lowest BCUT2D eigenvalue weighted by atomic mass is 9.48. The fraction of sp³-hybridized carbons (Fsp3) is 0.875. The molecule has 0 atom stereocenters. The van der Waals surface area contributed by atoms with Crippen LogP contribution in [0.3, 0.4) is 0 Å². The summed E-state index contributed by atoms with van der Waals surface area (Å²) in [5.74, 6) is 5.08. The maximum absolute atomic E-state index is 12.2. The second-order valence-electron chi connectivity index (χ2n) is 12.3.